The van der Waals surface area contributed by atoms with E-state index in [0.717, 1.165) is 15.6 Å². The Bertz CT molecular complexity index is 949. The van der Waals surface area contributed by atoms with E-state index in [-0.39, 0.29) is 24.6 Å². The predicted octanol–water partition coefficient (Wildman–Crippen LogP) is 3.44. The number of carbonyl (C=O) groups is 2. The topological polar surface area (TPSA) is 83.6 Å². The third-order valence-electron chi connectivity index (χ3n) is 3.94. The lowest BCUT2D eigenvalue weighted by molar-refractivity contribution is -0.117. The van der Waals surface area contributed by atoms with E-state index in [0.29, 0.717) is 11.3 Å². The van der Waals surface area contributed by atoms with Crippen LogP contribution in [0.5, 0.6) is 5.75 Å². The zero-order chi connectivity index (χ0) is 18.0. The Balaban J connectivity index is 2.01. The van der Waals surface area contributed by atoms with Crippen molar-refractivity contribution in [1.29, 1.82) is 0 Å². The first-order valence-electron chi connectivity index (χ1n) is 7.83. The smallest absolute Gasteiger partial charge is 0.258 e. The average Bonchev–Trinajstić information content (AvgIpc) is 3.04. The van der Waals surface area contributed by atoms with Crippen molar-refractivity contribution in [2.75, 3.05) is 11.4 Å². The molecule has 5 nitrogen and oxygen atoms in total. The maximum Gasteiger partial charge on any atom is 0.258 e. The number of phenols is 1. The fourth-order valence-electron chi connectivity index (χ4n) is 2.70. The maximum atomic E-state index is 13.1. The van der Waals surface area contributed by atoms with Crippen molar-refractivity contribution in [1.82, 2.24) is 0 Å². The van der Waals surface area contributed by atoms with Crippen LogP contribution < -0.4 is 10.6 Å². The van der Waals surface area contributed by atoms with Gasteiger partial charge >= 0.3 is 0 Å². The molecule has 0 aliphatic rings. The monoisotopic (exact) mass is 354 g/mol. The van der Waals surface area contributed by atoms with Crippen LogP contribution in [0.2, 0.25) is 0 Å². The van der Waals surface area contributed by atoms with E-state index < -0.39 is 5.91 Å². The molecule has 0 aliphatic heterocycles. The molecule has 2 amide bonds. The minimum atomic E-state index is -0.470. The summed E-state index contributed by atoms with van der Waals surface area (Å²) in [6.45, 7) is 2.12. The minimum absolute atomic E-state index is 0.0624. The van der Waals surface area contributed by atoms with Gasteiger partial charge in [-0.2, -0.15) is 0 Å². The van der Waals surface area contributed by atoms with Crippen LogP contribution in [0.4, 0.5) is 5.69 Å². The number of nitrogens with two attached hydrogens (primary N) is 1. The molecule has 128 valence electrons. The van der Waals surface area contributed by atoms with Crippen LogP contribution in [0, 0.1) is 6.92 Å². The summed E-state index contributed by atoms with van der Waals surface area (Å²) in [6.07, 6.45) is 0.0624. The Labute approximate surface area is 149 Å². The number of carbonyl (C=O) groups excluding carboxylic acids is 2. The van der Waals surface area contributed by atoms with Gasteiger partial charge in [0.15, 0.2) is 0 Å². The van der Waals surface area contributed by atoms with Gasteiger partial charge in [-0.15, -0.1) is 11.3 Å². The van der Waals surface area contributed by atoms with Crippen LogP contribution in [-0.2, 0) is 4.79 Å². The summed E-state index contributed by atoms with van der Waals surface area (Å²) >= 11 is 1.46. The fraction of sp³-hybridized carbons (Fsp3) is 0.158. The zero-order valence-electron chi connectivity index (χ0n) is 13.7. The van der Waals surface area contributed by atoms with E-state index in [2.05, 4.69) is 0 Å². The van der Waals surface area contributed by atoms with Gasteiger partial charge in [0.1, 0.15) is 5.75 Å². The summed E-state index contributed by atoms with van der Waals surface area (Å²) in [4.78, 5) is 25.8. The van der Waals surface area contributed by atoms with Crippen LogP contribution in [0.1, 0.15) is 22.3 Å². The number of aryl methyl sites for hydroxylation is 1. The molecule has 3 N–H and O–H groups in total. The second-order valence-corrected chi connectivity index (χ2v) is 6.79. The number of aromatic hydroxyl groups is 1. The predicted molar refractivity (Wildman–Crippen MR) is 100 cm³/mol. The van der Waals surface area contributed by atoms with Crippen molar-refractivity contribution in [3.63, 3.8) is 0 Å². The Morgan fingerprint density at radius 3 is 2.72 bits per heavy atom. The molecule has 3 rings (SSSR count). The summed E-state index contributed by atoms with van der Waals surface area (Å²) in [5, 5.41) is 12.8. The highest BCUT2D eigenvalue weighted by molar-refractivity contribution is 7.17. The van der Waals surface area contributed by atoms with E-state index in [1.54, 1.807) is 6.07 Å². The van der Waals surface area contributed by atoms with Crippen LogP contribution in [0.15, 0.2) is 47.8 Å². The van der Waals surface area contributed by atoms with Gasteiger partial charge in [-0.3, -0.25) is 9.59 Å². The van der Waals surface area contributed by atoms with E-state index in [1.165, 1.54) is 22.3 Å². The summed E-state index contributed by atoms with van der Waals surface area (Å²) in [5.74, 6) is -0.680. The number of amides is 2. The molecule has 3 aromatic rings. The molecular weight excluding hydrogens is 336 g/mol. The summed E-state index contributed by atoms with van der Waals surface area (Å²) in [5.41, 5.74) is 7.33. The molecule has 0 radical (unpaired) electrons. The van der Waals surface area contributed by atoms with Crippen molar-refractivity contribution in [3.8, 4) is 5.75 Å². The second-order valence-electron chi connectivity index (χ2n) is 5.84. The van der Waals surface area contributed by atoms with E-state index >= 15 is 0 Å². The molecule has 0 aliphatic carbocycles. The Hall–Kier alpha value is -2.86. The number of anilines is 1. The quantitative estimate of drug-likeness (QED) is 0.736. The number of benzene rings is 2. The molecule has 0 atom stereocenters. The Kier molecular flexibility index (Phi) is 4.72. The SMILES string of the molecule is Cc1cccc(N(CCC(N)=O)C(=O)c2cc(O)c3ccsc3c2)c1. The van der Waals surface area contributed by atoms with Crippen molar-refractivity contribution in [2.45, 2.75) is 13.3 Å². The molecule has 0 fully saturated rings. The highest BCUT2D eigenvalue weighted by atomic mass is 32.1. The molecular formula is C19H18N2O3S. The molecule has 0 spiro atoms. The third kappa shape index (κ3) is 3.64. The molecule has 1 heterocycles. The van der Waals surface area contributed by atoms with Gasteiger partial charge in [-0.05, 0) is 48.2 Å². The lowest BCUT2D eigenvalue weighted by atomic mass is 10.1. The molecule has 0 saturated heterocycles. The molecule has 0 saturated carbocycles. The summed E-state index contributed by atoms with van der Waals surface area (Å²) in [6, 6.07) is 12.5. The number of rotatable bonds is 5. The van der Waals surface area contributed by atoms with Crippen molar-refractivity contribution in [2.24, 2.45) is 5.73 Å². The molecule has 1 aromatic heterocycles. The van der Waals surface area contributed by atoms with Gasteiger partial charge < -0.3 is 15.7 Å². The summed E-state index contributed by atoms with van der Waals surface area (Å²) in [7, 11) is 0. The number of hydrogen-bond donors (Lipinski definition) is 2. The molecule has 0 unspecified atom stereocenters. The molecule has 0 bridgehead atoms. The lowest BCUT2D eigenvalue weighted by Crippen LogP contribution is -2.34. The highest BCUT2D eigenvalue weighted by Gasteiger charge is 2.20. The van der Waals surface area contributed by atoms with Crippen molar-refractivity contribution in [3.05, 3.63) is 59.0 Å². The largest absolute Gasteiger partial charge is 0.507 e. The van der Waals surface area contributed by atoms with Gasteiger partial charge in [0.05, 0.1) is 0 Å². The van der Waals surface area contributed by atoms with Crippen molar-refractivity contribution < 1.29 is 14.7 Å². The van der Waals surface area contributed by atoms with Gasteiger partial charge in [0, 0.05) is 34.3 Å². The zero-order valence-corrected chi connectivity index (χ0v) is 14.5. The van der Waals surface area contributed by atoms with Crippen molar-refractivity contribution >= 4 is 38.9 Å². The van der Waals surface area contributed by atoms with E-state index in [9.17, 15) is 14.7 Å². The van der Waals surface area contributed by atoms with Crippen LogP contribution in [-0.4, -0.2) is 23.5 Å². The maximum absolute atomic E-state index is 13.1. The summed E-state index contributed by atoms with van der Waals surface area (Å²) < 4.78 is 0.836. The first kappa shape index (κ1) is 17.0. The standard InChI is InChI=1S/C19H18N2O3S/c1-12-3-2-4-14(9-12)21(7-5-18(20)23)19(24)13-10-16(22)15-6-8-25-17(15)11-13/h2-4,6,8-11,22H,5,7H2,1H3,(H2,20,23). The second kappa shape index (κ2) is 6.94. The van der Waals surface area contributed by atoms with Crippen LogP contribution in [0.25, 0.3) is 10.1 Å². The number of nitrogens with zero attached hydrogens (tertiary/aromatic N) is 1. The highest BCUT2D eigenvalue weighted by Crippen LogP contribution is 2.31. The lowest BCUT2D eigenvalue weighted by Gasteiger charge is -2.23. The molecule has 25 heavy (non-hydrogen) atoms. The average molecular weight is 354 g/mol. The van der Waals surface area contributed by atoms with Gasteiger partial charge in [0.25, 0.3) is 5.91 Å². The molecule has 2 aromatic carbocycles. The number of thiophene rings is 1. The van der Waals surface area contributed by atoms with Gasteiger partial charge in [-0.1, -0.05) is 12.1 Å². The first-order valence-corrected chi connectivity index (χ1v) is 8.71. The van der Waals surface area contributed by atoms with Crippen LogP contribution >= 0.6 is 11.3 Å². The fourth-order valence-corrected chi connectivity index (χ4v) is 3.54. The number of fused-ring (bicyclic) bond motifs is 1. The Morgan fingerprint density at radius 1 is 1.20 bits per heavy atom. The van der Waals surface area contributed by atoms with Crippen LogP contribution in [0.3, 0.4) is 0 Å². The number of hydrogen-bond acceptors (Lipinski definition) is 4. The number of phenolic OH excluding ortho intramolecular Hbond substituents is 1. The van der Waals surface area contributed by atoms with Gasteiger partial charge in [0.2, 0.25) is 5.91 Å². The number of primary amides is 1. The van der Waals surface area contributed by atoms with E-state index in [4.69, 9.17) is 5.73 Å². The Morgan fingerprint density at radius 2 is 2.00 bits per heavy atom. The normalized spacial score (nSPS) is 10.8. The van der Waals surface area contributed by atoms with E-state index in [1.807, 2.05) is 42.6 Å². The third-order valence-corrected chi connectivity index (χ3v) is 4.80. The van der Waals surface area contributed by atoms with Gasteiger partial charge in [-0.25, -0.2) is 0 Å². The molecule has 6 heteroatoms. The first-order chi connectivity index (χ1) is 12.0. The minimum Gasteiger partial charge on any atom is -0.507 e.